The number of ether oxygens (including phenoxy) is 2. The summed E-state index contributed by atoms with van der Waals surface area (Å²) in [5.41, 5.74) is -0.990. The smallest absolute Gasteiger partial charge is 0.168 e. The van der Waals surface area contributed by atoms with Gasteiger partial charge in [-0.1, -0.05) is 22.5 Å². The number of nitriles is 1. The maximum Gasteiger partial charge on any atom is 0.168 e. The summed E-state index contributed by atoms with van der Waals surface area (Å²) in [6.07, 6.45) is -1.67. The summed E-state index contributed by atoms with van der Waals surface area (Å²) in [7, 11) is 0. The van der Waals surface area contributed by atoms with Crippen molar-refractivity contribution in [1.29, 1.82) is 5.26 Å². The highest BCUT2D eigenvalue weighted by molar-refractivity contribution is 9.11. The van der Waals surface area contributed by atoms with Gasteiger partial charge >= 0.3 is 0 Å². The largest absolute Gasteiger partial charge is 0.457 e. The van der Waals surface area contributed by atoms with Crippen LogP contribution in [0.25, 0.3) is 0 Å². The molecule has 1 aromatic carbocycles. The number of halogens is 4. The molecule has 3 atom stereocenters. The van der Waals surface area contributed by atoms with E-state index in [1.807, 2.05) is 6.07 Å². The van der Waals surface area contributed by atoms with Crippen molar-refractivity contribution in [2.24, 2.45) is 0 Å². The van der Waals surface area contributed by atoms with Crippen LogP contribution in [0.15, 0.2) is 52.2 Å². The monoisotopic (exact) mass is 439 g/mol. The normalized spacial score (nSPS) is 31.0. The maximum atomic E-state index is 15.0. The molecule has 7 heteroatoms. The summed E-state index contributed by atoms with van der Waals surface area (Å²) < 4.78 is 55.5. The van der Waals surface area contributed by atoms with Crippen LogP contribution in [-0.2, 0) is 4.74 Å². The zero-order valence-corrected chi connectivity index (χ0v) is 16.2. The van der Waals surface area contributed by atoms with Gasteiger partial charge in [0.1, 0.15) is 22.9 Å². The molecule has 0 N–H and O–H groups in total. The van der Waals surface area contributed by atoms with Crippen molar-refractivity contribution < 1.29 is 22.6 Å². The second-order valence-electron chi connectivity index (χ2n) is 6.43. The van der Waals surface area contributed by atoms with Crippen molar-refractivity contribution in [2.75, 3.05) is 6.61 Å². The van der Waals surface area contributed by atoms with Crippen LogP contribution in [0.2, 0.25) is 0 Å². The minimum atomic E-state index is -1.98. The lowest BCUT2D eigenvalue weighted by atomic mass is 9.91. The Morgan fingerprint density at radius 2 is 2.19 bits per heavy atom. The molecular weight excluding hydrogens is 423 g/mol. The number of benzene rings is 1. The van der Waals surface area contributed by atoms with Gasteiger partial charge in [-0.2, -0.15) is 5.26 Å². The number of allylic oxidation sites excluding steroid dienone is 2. The van der Waals surface area contributed by atoms with Gasteiger partial charge in [0.25, 0.3) is 0 Å². The predicted molar refractivity (Wildman–Crippen MR) is 98.3 cm³/mol. The first kappa shape index (κ1) is 19.7. The Hall–Kier alpha value is -2.04. The Labute approximate surface area is 163 Å². The van der Waals surface area contributed by atoms with Crippen molar-refractivity contribution in [3.8, 4) is 11.8 Å². The van der Waals surface area contributed by atoms with E-state index in [0.29, 0.717) is 29.5 Å². The Morgan fingerprint density at radius 3 is 2.74 bits per heavy atom. The van der Waals surface area contributed by atoms with E-state index in [-0.39, 0.29) is 22.6 Å². The van der Waals surface area contributed by atoms with Gasteiger partial charge in [-0.3, -0.25) is 0 Å². The number of hydrogen-bond donors (Lipinski definition) is 0. The molecule has 3 unspecified atom stereocenters. The van der Waals surface area contributed by atoms with Crippen molar-refractivity contribution in [1.82, 2.24) is 0 Å². The molecule has 0 radical (unpaired) electrons. The van der Waals surface area contributed by atoms with Crippen molar-refractivity contribution in [3.05, 3.63) is 63.6 Å². The predicted octanol–water partition coefficient (Wildman–Crippen LogP) is 5.42. The molecule has 1 saturated heterocycles. The molecule has 1 aromatic rings. The molecule has 1 spiro atoms. The summed E-state index contributed by atoms with van der Waals surface area (Å²) >= 11 is 3.34. The van der Waals surface area contributed by atoms with Gasteiger partial charge in [-0.25, -0.2) is 13.2 Å². The van der Waals surface area contributed by atoms with E-state index in [9.17, 15) is 8.78 Å². The Balaban J connectivity index is 2.13. The second-order valence-corrected chi connectivity index (χ2v) is 7.61. The van der Waals surface area contributed by atoms with Gasteiger partial charge < -0.3 is 9.47 Å². The fourth-order valence-corrected chi connectivity index (χ4v) is 4.27. The van der Waals surface area contributed by atoms with Gasteiger partial charge in [0.15, 0.2) is 12.3 Å². The third kappa shape index (κ3) is 3.32. The van der Waals surface area contributed by atoms with Crippen molar-refractivity contribution in [3.63, 3.8) is 0 Å². The standard InChI is InChI=1S/C20H17BrF3NO2/c1-3-15(27-14-8-12(10-25)7-13(22)9-14)16-17(11(2)21)20(5-4-6-26-20)19(24)18(16)23/h3,7-9,18-19H,1,4-6H2,2H3/b16-15-,17-11-. The lowest BCUT2D eigenvalue weighted by Crippen LogP contribution is -2.38. The molecule has 2 fully saturated rings. The van der Waals surface area contributed by atoms with Crippen molar-refractivity contribution >= 4 is 15.9 Å². The van der Waals surface area contributed by atoms with Gasteiger partial charge in [-0.05, 0) is 42.5 Å². The Bertz CT molecular complexity index is 878. The van der Waals surface area contributed by atoms with E-state index in [4.69, 9.17) is 14.7 Å². The van der Waals surface area contributed by atoms with E-state index in [0.717, 1.165) is 12.1 Å². The van der Waals surface area contributed by atoms with Gasteiger partial charge in [0, 0.05) is 23.8 Å². The summed E-state index contributed by atoms with van der Waals surface area (Å²) in [6, 6.07) is 5.24. The number of hydrogen-bond acceptors (Lipinski definition) is 3. The van der Waals surface area contributed by atoms with Crippen LogP contribution in [0.3, 0.4) is 0 Å². The topological polar surface area (TPSA) is 42.2 Å². The van der Waals surface area contributed by atoms with Crippen LogP contribution >= 0.6 is 15.9 Å². The van der Waals surface area contributed by atoms with E-state index in [1.165, 1.54) is 12.1 Å². The lowest BCUT2D eigenvalue weighted by molar-refractivity contribution is -0.0293. The molecular formula is C20H17BrF3NO2. The Morgan fingerprint density at radius 1 is 1.44 bits per heavy atom. The average Bonchev–Trinajstić information content (AvgIpc) is 3.19. The highest BCUT2D eigenvalue weighted by Crippen LogP contribution is 2.53. The van der Waals surface area contributed by atoms with Gasteiger partial charge in [-0.15, -0.1) is 0 Å². The second kappa shape index (κ2) is 7.53. The first-order valence-corrected chi connectivity index (χ1v) is 9.18. The summed E-state index contributed by atoms with van der Waals surface area (Å²) in [6.45, 7) is 5.64. The van der Waals surface area contributed by atoms with Gasteiger partial charge in [0.05, 0.1) is 11.6 Å². The Kier molecular flexibility index (Phi) is 5.50. The molecule has 1 aliphatic carbocycles. The molecule has 1 heterocycles. The first-order chi connectivity index (χ1) is 12.8. The molecule has 2 aliphatic rings. The quantitative estimate of drug-likeness (QED) is 0.590. The van der Waals surface area contributed by atoms with Gasteiger partial charge in [0.2, 0.25) is 0 Å². The molecule has 27 heavy (non-hydrogen) atoms. The number of rotatable bonds is 3. The molecule has 142 valence electrons. The van der Waals surface area contributed by atoms with Crippen LogP contribution in [0.1, 0.15) is 25.3 Å². The minimum absolute atomic E-state index is 0.00331. The van der Waals surface area contributed by atoms with Crippen LogP contribution in [-0.4, -0.2) is 24.6 Å². The van der Waals surface area contributed by atoms with Crippen LogP contribution in [0.5, 0.6) is 5.75 Å². The highest BCUT2D eigenvalue weighted by Gasteiger charge is 2.60. The van der Waals surface area contributed by atoms with E-state index < -0.39 is 23.8 Å². The molecule has 1 aliphatic heterocycles. The fraction of sp³-hybridized carbons (Fsp3) is 0.350. The minimum Gasteiger partial charge on any atom is -0.457 e. The van der Waals surface area contributed by atoms with E-state index in [1.54, 1.807) is 6.92 Å². The van der Waals surface area contributed by atoms with Crippen LogP contribution in [0.4, 0.5) is 13.2 Å². The first-order valence-electron chi connectivity index (χ1n) is 8.38. The zero-order chi connectivity index (χ0) is 19.8. The van der Waals surface area contributed by atoms with Crippen LogP contribution < -0.4 is 4.74 Å². The fourth-order valence-electron chi connectivity index (χ4n) is 3.72. The third-order valence-corrected chi connectivity index (χ3v) is 5.14. The molecule has 0 bridgehead atoms. The van der Waals surface area contributed by atoms with Crippen molar-refractivity contribution in [2.45, 2.75) is 37.7 Å². The van der Waals surface area contributed by atoms with E-state index >= 15 is 4.39 Å². The molecule has 0 amide bonds. The molecule has 0 aromatic heterocycles. The lowest BCUT2D eigenvalue weighted by Gasteiger charge is -2.27. The summed E-state index contributed by atoms with van der Waals surface area (Å²) in [4.78, 5) is 0. The zero-order valence-electron chi connectivity index (χ0n) is 14.6. The SMILES string of the molecule is C=C/C(Oc1cc(F)cc(C#N)c1)=C1\C(=C(/C)Br)C2(CCCO2)C(F)C1F. The average molecular weight is 440 g/mol. The third-order valence-electron chi connectivity index (χ3n) is 4.75. The molecule has 1 saturated carbocycles. The van der Waals surface area contributed by atoms with Crippen LogP contribution in [0, 0.1) is 17.1 Å². The molecule has 3 nitrogen and oxygen atoms in total. The van der Waals surface area contributed by atoms with E-state index in [2.05, 4.69) is 22.5 Å². The maximum absolute atomic E-state index is 15.0. The number of alkyl halides is 2. The highest BCUT2D eigenvalue weighted by atomic mass is 79.9. The summed E-state index contributed by atoms with van der Waals surface area (Å²) in [5.74, 6) is -0.718. The molecule has 3 rings (SSSR count). The number of nitrogens with zero attached hydrogens (tertiary/aromatic N) is 1. The summed E-state index contributed by atoms with van der Waals surface area (Å²) in [5, 5.41) is 8.98.